The molecule has 0 aliphatic carbocycles. The first kappa shape index (κ1) is 17.6. The molecule has 0 aromatic carbocycles. The third kappa shape index (κ3) is 5.13. The molecule has 0 spiro atoms. The van der Waals surface area contributed by atoms with Gasteiger partial charge in [0.2, 0.25) is 5.91 Å². The van der Waals surface area contributed by atoms with Crippen LogP contribution in [0.5, 0.6) is 0 Å². The minimum atomic E-state index is -0.571. The number of rotatable bonds is 3. The van der Waals surface area contributed by atoms with Crippen molar-refractivity contribution in [2.75, 3.05) is 11.6 Å². The van der Waals surface area contributed by atoms with Gasteiger partial charge in [0.05, 0.1) is 5.88 Å². The number of amides is 2. The van der Waals surface area contributed by atoms with Crippen LogP contribution in [0.4, 0.5) is 4.79 Å². The predicted octanol–water partition coefficient (Wildman–Crippen LogP) is 2.32. The maximum absolute atomic E-state index is 12.4. The first-order chi connectivity index (χ1) is 10.8. The van der Waals surface area contributed by atoms with Gasteiger partial charge in [0.15, 0.2) is 0 Å². The normalized spacial score (nSPS) is 17.9. The maximum Gasteiger partial charge on any atom is 0.411 e. The van der Waals surface area contributed by atoms with Gasteiger partial charge in [-0.1, -0.05) is 6.07 Å². The van der Waals surface area contributed by atoms with Crippen LogP contribution in [0.2, 0.25) is 0 Å². The van der Waals surface area contributed by atoms with Crippen molar-refractivity contribution in [1.29, 1.82) is 0 Å². The Morgan fingerprint density at radius 1 is 1.43 bits per heavy atom. The number of ether oxygens (including phenoxy) is 1. The Kier molecular flexibility index (Phi) is 5.51. The molecule has 1 aliphatic rings. The van der Waals surface area contributed by atoms with Gasteiger partial charge in [-0.3, -0.25) is 14.7 Å². The van der Waals surface area contributed by atoms with Gasteiger partial charge < -0.3 is 10.1 Å². The molecule has 1 aliphatic heterocycles. The van der Waals surface area contributed by atoms with Gasteiger partial charge >= 0.3 is 6.09 Å². The van der Waals surface area contributed by atoms with Gasteiger partial charge in [-0.15, -0.1) is 11.8 Å². The molecule has 2 amide bonds. The molecule has 0 bridgehead atoms. The Morgan fingerprint density at radius 3 is 2.78 bits per heavy atom. The highest BCUT2D eigenvalue weighted by molar-refractivity contribution is 7.99. The number of aromatic nitrogens is 1. The summed E-state index contributed by atoms with van der Waals surface area (Å²) in [4.78, 5) is 30.2. The lowest BCUT2D eigenvalue weighted by Gasteiger charge is -2.27. The maximum atomic E-state index is 12.4. The van der Waals surface area contributed by atoms with Crippen LogP contribution >= 0.6 is 11.8 Å². The van der Waals surface area contributed by atoms with E-state index in [1.807, 2.05) is 39.8 Å². The molecule has 126 valence electrons. The van der Waals surface area contributed by atoms with Crippen LogP contribution in [0.25, 0.3) is 0 Å². The molecule has 1 aromatic rings. The van der Waals surface area contributed by atoms with Crippen molar-refractivity contribution in [3.8, 4) is 0 Å². The largest absolute Gasteiger partial charge is 0.444 e. The number of nitrogens with zero attached hydrogens (tertiary/aromatic N) is 2. The minimum Gasteiger partial charge on any atom is -0.444 e. The van der Waals surface area contributed by atoms with E-state index in [0.717, 1.165) is 11.3 Å². The lowest BCUT2D eigenvalue weighted by atomic mass is 10.2. The molecule has 1 N–H and O–H groups in total. The number of carbonyl (C=O) groups excluding carboxylic acids is 2. The lowest BCUT2D eigenvalue weighted by molar-refractivity contribution is -0.125. The summed E-state index contributed by atoms with van der Waals surface area (Å²) >= 11 is 1.55. The van der Waals surface area contributed by atoms with Gasteiger partial charge in [0, 0.05) is 24.2 Å². The summed E-state index contributed by atoms with van der Waals surface area (Å²) in [5, 5.41) is 2.87. The van der Waals surface area contributed by atoms with Crippen LogP contribution in [0.3, 0.4) is 0 Å². The van der Waals surface area contributed by atoms with Crippen molar-refractivity contribution in [3.05, 3.63) is 29.6 Å². The summed E-state index contributed by atoms with van der Waals surface area (Å²) < 4.78 is 5.36. The summed E-state index contributed by atoms with van der Waals surface area (Å²) in [6, 6.07) is 3.34. The van der Waals surface area contributed by atoms with E-state index in [9.17, 15) is 9.59 Å². The Morgan fingerprint density at radius 2 is 2.17 bits per heavy atom. The van der Waals surface area contributed by atoms with Crippen LogP contribution in [-0.2, 0) is 16.1 Å². The minimum absolute atomic E-state index is 0.165. The Balaban J connectivity index is 1.92. The van der Waals surface area contributed by atoms with Gasteiger partial charge in [-0.2, -0.15) is 0 Å². The van der Waals surface area contributed by atoms with Crippen molar-refractivity contribution in [2.24, 2.45) is 0 Å². The topological polar surface area (TPSA) is 71.5 Å². The Bertz CT molecular complexity index is 569. The number of thioether (sulfide) groups is 1. The zero-order chi connectivity index (χ0) is 17.0. The molecule has 0 saturated carbocycles. The second kappa shape index (κ2) is 7.21. The summed E-state index contributed by atoms with van der Waals surface area (Å²) in [5.41, 5.74) is 1.29. The van der Waals surface area contributed by atoms with E-state index in [1.165, 1.54) is 4.90 Å². The third-order valence-electron chi connectivity index (χ3n) is 3.25. The standard InChI is InChI=1S/C16H23N3O3S/c1-11-5-6-12(7-17-11)8-18-14(20)13-9-23-10-19(13)15(21)22-16(2,3)4/h5-7,13H,8-10H2,1-4H3,(H,18,20)/t13-/m0/s1. The number of aryl methyl sites for hydroxylation is 1. The predicted molar refractivity (Wildman–Crippen MR) is 90.0 cm³/mol. The molecule has 2 heterocycles. The smallest absolute Gasteiger partial charge is 0.411 e. The molecule has 0 radical (unpaired) electrons. The SMILES string of the molecule is Cc1ccc(CNC(=O)[C@@H]2CSCN2C(=O)OC(C)(C)C)cn1. The fourth-order valence-corrected chi connectivity index (χ4v) is 3.21. The van der Waals surface area contributed by atoms with E-state index in [0.29, 0.717) is 18.2 Å². The number of carbonyl (C=O) groups is 2. The van der Waals surface area contributed by atoms with Crippen molar-refractivity contribution < 1.29 is 14.3 Å². The zero-order valence-corrected chi connectivity index (χ0v) is 14.8. The molecule has 1 saturated heterocycles. The zero-order valence-electron chi connectivity index (χ0n) is 14.0. The lowest BCUT2D eigenvalue weighted by Crippen LogP contribution is -2.48. The fourth-order valence-electron chi connectivity index (χ4n) is 2.07. The molecular formula is C16H23N3O3S. The van der Waals surface area contributed by atoms with E-state index < -0.39 is 17.7 Å². The van der Waals surface area contributed by atoms with Crippen molar-refractivity contribution in [3.63, 3.8) is 0 Å². The average molecular weight is 337 g/mol. The second-order valence-corrected chi connectivity index (χ2v) is 7.49. The number of pyridine rings is 1. The van der Waals surface area contributed by atoms with Crippen LogP contribution in [-0.4, -0.2) is 45.2 Å². The summed E-state index contributed by atoms with van der Waals surface area (Å²) in [7, 11) is 0. The molecule has 2 rings (SSSR count). The molecule has 7 heteroatoms. The van der Waals surface area contributed by atoms with Crippen molar-refractivity contribution in [1.82, 2.24) is 15.2 Å². The fraction of sp³-hybridized carbons (Fsp3) is 0.562. The Hall–Kier alpha value is -1.76. The van der Waals surface area contributed by atoms with Crippen LogP contribution in [0.1, 0.15) is 32.0 Å². The molecule has 6 nitrogen and oxygen atoms in total. The first-order valence-corrected chi connectivity index (χ1v) is 8.68. The third-order valence-corrected chi connectivity index (χ3v) is 4.26. The van der Waals surface area contributed by atoms with Crippen LogP contribution in [0, 0.1) is 6.92 Å². The summed E-state index contributed by atoms with van der Waals surface area (Å²) in [6.45, 7) is 7.75. The molecule has 0 unspecified atom stereocenters. The van der Waals surface area contributed by atoms with Crippen LogP contribution in [0.15, 0.2) is 18.3 Å². The van der Waals surface area contributed by atoms with E-state index in [-0.39, 0.29) is 5.91 Å². The Labute approximate surface area is 141 Å². The van der Waals surface area contributed by atoms with Crippen molar-refractivity contribution in [2.45, 2.75) is 45.9 Å². The highest BCUT2D eigenvalue weighted by Crippen LogP contribution is 2.23. The molecule has 1 aromatic heterocycles. The number of nitrogens with one attached hydrogen (secondary N) is 1. The first-order valence-electron chi connectivity index (χ1n) is 7.53. The highest BCUT2D eigenvalue weighted by Gasteiger charge is 2.36. The van der Waals surface area contributed by atoms with E-state index >= 15 is 0 Å². The van der Waals surface area contributed by atoms with Crippen molar-refractivity contribution >= 4 is 23.8 Å². The van der Waals surface area contributed by atoms with Crippen LogP contribution < -0.4 is 5.32 Å². The summed E-state index contributed by atoms with van der Waals surface area (Å²) in [5.74, 6) is 0.887. The quantitative estimate of drug-likeness (QED) is 0.916. The average Bonchev–Trinajstić information content (AvgIpc) is 2.94. The highest BCUT2D eigenvalue weighted by atomic mass is 32.2. The van der Waals surface area contributed by atoms with E-state index in [2.05, 4.69) is 10.3 Å². The van der Waals surface area contributed by atoms with Gasteiger partial charge in [-0.05, 0) is 39.3 Å². The summed E-state index contributed by atoms with van der Waals surface area (Å²) in [6.07, 6.45) is 1.30. The van der Waals surface area contributed by atoms with E-state index in [1.54, 1.807) is 18.0 Å². The van der Waals surface area contributed by atoms with Gasteiger partial charge in [0.1, 0.15) is 11.6 Å². The molecular weight excluding hydrogens is 314 g/mol. The number of hydrogen-bond donors (Lipinski definition) is 1. The van der Waals surface area contributed by atoms with E-state index in [4.69, 9.17) is 4.74 Å². The second-order valence-electron chi connectivity index (χ2n) is 6.49. The van der Waals surface area contributed by atoms with Gasteiger partial charge in [-0.25, -0.2) is 4.79 Å². The monoisotopic (exact) mass is 337 g/mol. The molecule has 1 fully saturated rings. The molecule has 23 heavy (non-hydrogen) atoms. The molecule has 1 atom stereocenters. The number of hydrogen-bond acceptors (Lipinski definition) is 5. The van der Waals surface area contributed by atoms with Gasteiger partial charge in [0.25, 0.3) is 0 Å².